The number of para-hydroxylation sites is 1. The molecule has 2 atom stereocenters. The molecule has 1 aliphatic heterocycles. The number of aryl methyl sites for hydroxylation is 1. The number of carbonyl (C=O) groups excluding carboxylic acids is 1. The average Bonchev–Trinajstić information content (AvgIpc) is 3.14. The van der Waals surface area contributed by atoms with Crippen molar-refractivity contribution in [3.05, 3.63) is 89.7 Å². The number of hydrogen-bond donors (Lipinski definition) is 2. The van der Waals surface area contributed by atoms with E-state index in [0.717, 1.165) is 36.9 Å². The van der Waals surface area contributed by atoms with Crippen LogP contribution in [0.3, 0.4) is 0 Å². The Kier molecular flexibility index (Phi) is 6.59. The summed E-state index contributed by atoms with van der Waals surface area (Å²) in [6, 6.07) is 20.6. The van der Waals surface area contributed by atoms with E-state index in [1.54, 1.807) is 24.1 Å². The van der Waals surface area contributed by atoms with Crippen molar-refractivity contribution in [2.45, 2.75) is 37.8 Å². The highest BCUT2D eigenvalue weighted by Crippen LogP contribution is 2.40. The molecule has 3 aromatic carbocycles. The lowest BCUT2D eigenvalue weighted by Gasteiger charge is -2.28. The molecule has 0 radical (unpaired) electrons. The summed E-state index contributed by atoms with van der Waals surface area (Å²) in [6.45, 7) is 0. The van der Waals surface area contributed by atoms with E-state index in [9.17, 15) is 14.3 Å². The van der Waals surface area contributed by atoms with Gasteiger partial charge in [0.15, 0.2) is 0 Å². The van der Waals surface area contributed by atoms with Crippen molar-refractivity contribution in [3.63, 3.8) is 0 Å². The Labute approximate surface area is 187 Å². The molecule has 3 aromatic rings. The highest BCUT2D eigenvalue weighted by atomic mass is 19.1. The summed E-state index contributed by atoms with van der Waals surface area (Å²) in [7, 11) is 1.55. The predicted molar refractivity (Wildman–Crippen MR) is 123 cm³/mol. The Morgan fingerprint density at radius 2 is 1.78 bits per heavy atom. The van der Waals surface area contributed by atoms with Gasteiger partial charge in [-0.15, -0.1) is 0 Å². The van der Waals surface area contributed by atoms with Gasteiger partial charge in [0.05, 0.1) is 19.2 Å². The average molecular weight is 435 g/mol. The Morgan fingerprint density at radius 3 is 2.47 bits per heavy atom. The van der Waals surface area contributed by atoms with Crippen molar-refractivity contribution in [3.8, 4) is 11.5 Å². The highest BCUT2D eigenvalue weighted by Gasteiger charge is 2.42. The molecule has 1 aliphatic rings. The lowest BCUT2D eigenvalue weighted by molar-refractivity contribution is 0.250. The SMILES string of the molecule is COc1ccc([C@@H]2[C@@H](CCCCc3ccc(F)cc3)NC(=O)N2c2ccccc2)c(O)c1. The quantitative estimate of drug-likeness (QED) is 0.454. The number of nitrogens with one attached hydrogen (secondary N) is 1. The van der Waals surface area contributed by atoms with Crippen LogP contribution in [-0.4, -0.2) is 24.3 Å². The van der Waals surface area contributed by atoms with Gasteiger partial charge in [-0.2, -0.15) is 0 Å². The Morgan fingerprint density at radius 1 is 1.03 bits per heavy atom. The Hall–Kier alpha value is -3.54. The lowest BCUT2D eigenvalue weighted by atomic mass is 9.93. The normalized spacial score (nSPS) is 17.9. The monoisotopic (exact) mass is 434 g/mol. The van der Waals surface area contributed by atoms with Crippen LogP contribution in [0.4, 0.5) is 14.9 Å². The first-order chi connectivity index (χ1) is 15.6. The van der Waals surface area contributed by atoms with Gasteiger partial charge in [0.2, 0.25) is 0 Å². The van der Waals surface area contributed by atoms with Gasteiger partial charge in [-0.3, -0.25) is 4.90 Å². The van der Waals surface area contributed by atoms with Gasteiger partial charge in [0.25, 0.3) is 0 Å². The molecule has 2 amide bonds. The minimum Gasteiger partial charge on any atom is -0.507 e. The fourth-order valence-corrected chi connectivity index (χ4v) is 4.31. The van der Waals surface area contributed by atoms with Crippen molar-refractivity contribution < 1.29 is 19.0 Å². The number of ether oxygens (including phenoxy) is 1. The van der Waals surface area contributed by atoms with Crippen LogP contribution in [0.1, 0.15) is 36.4 Å². The topological polar surface area (TPSA) is 61.8 Å². The second-order valence-electron chi connectivity index (χ2n) is 8.00. The molecule has 0 spiro atoms. The van der Waals surface area contributed by atoms with Crippen LogP contribution in [0.2, 0.25) is 0 Å². The number of carbonyl (C=O) groups is 1. The van der Waals surface area contributed by atoms with E-state index in [4.69, 9.17) is 4.74 Å². The van der Waals surface area contributed by atoms with Gasteiger partial charge in [-0.1, -0.05) is 36.8 Å². The predicted octanol–water partition coefficient (Wildman–Crippen LogP) is 5.59. The van der Waals surface area contributed by atoms with E-state index >= 15 is 0 Å². The first-order valence-corrected chi connectivity index (χ1v) is 10.8. The summed E-state index contributed by atoms with van der Waals surface area (Å²) >= 11 is 0. The van der Waals surface area contributed by atoms with Crippen LogP contribution < -0.4 is 15.0 Å². The molecule has 0 saturated carbocycles. The molecule has 4 rings (SSSR count). The van der Waals surface area contributed by atoms with E-state index in [1.807, 2.05) is 48.5 Å². The zero-order chi connectivity index (χ0) is 22.5. The number of nitrogens with zero attached hydrogens (tertiary/aromatic N) is 1. The number of aromatic hydroxyl groups is 1. The molecule has 2 N–H and O–H groups in total. The van der Waals surface area contributed by atoms with Crippen molar-refractivity contribution >= 4 is 11.7 Å². The first kappa shape index (κ1) is 21.7. The number of phenols is 1. The largest absolute Gasteiger partial charge is 0.507 e. The Bertz CT molecular complexity index is 1060. The molecule has 0 aromatic heterocycles. The second-order valence-corrected chi connectivity index (χ2v) is 8.00. The number of urea groups is 1. The van der Waals surface area contributed by atoms with E-state index in [0.29, 0.717) is 11.3 Å². The first-order valence-electron chi connectivity index (χ1n) is 10.8. The summed E-state index contributed by atoms with van der Waals surface area (Å²) in [5.74, 6) is 0.430. The second kappa shape index (κ2) is 9.73. The molecule has 1 saturated heterocycles. The Balaban J connectivity index is 1.53. The molecule has 6 heteroatoms. The van der Waals surface area contributed by atoms with Gasteiger partial charge in [0, 0.05) is 17.3 Å². The molecule has 166 valence electrons. The van der Waals surface area contributed by atoms with Crippen LogP contribution in [0.25, 0.3) is 0 Å². The maximum absolute atomic E-state index is 13.1. The zero-order valence-electron chi connectivity index (χ0n) is 18.0. The zero-order valence-corrected chi connectivity index (χ0v) is 18.0. The molecule has 5 nitrogen and oxygen atoms in total. The summed E-state index contributed by atoms with van der Waals surface area (Å²) in [5, 5.41) is 13.8. The van der Waals surface area contributed by atoms with E-state index in [2.05, 4.69) is 5.32 Å². The molecular weight excluding hydrogens is 407 g/mol. The number of rotatable bonds is 8. The van der Waals surface area contributed by atoms with Gasteiger partial charge < -0.3 is 15.2 Å². The number of phenolic OH excluding ortho intramolecular Hbond substituents is 1. The molecule has 32 heavy (non-hydrogen) atoms. The van der Waals surface area contributed by atoms with E-state index in [-0.39, 0.29) is 29.7 Å². The molecule has 1 heterocycles. The molecule has 0 unspecified atom stereocenters. The number of halogens is 1. The highest BCUT2D eigenvalue weighted by molar-refractivity contribution is 5.96. The van der Waals surface area contributed by atoms with Gasteiger partial charge in [-0.25, -0.2) is 9.18 Å². The number of methoxy groups -OCH3 is 1. The number of amides is 2. The van der Waals surface area contributed by atoms with Gasteiger partial charge in [0.1, 0.15) is 17.3 Å². The van der Waals surface area contributed by atoms with Gasteiger partial charge in [-0.05, 0) is 61.2 Å². The van der Waals surface area contributed by atoms with Crippen molar-refractivity contribution in [1.29, 1.82) is 0 Å². The van der Waals surface area contributed by atoms with Crippen LogP contribution >= 0.6 is 0 Å². The number of unbranched alkanes of at least 4 members (excludes halogenated alkanes) is 1. The number of benzene rings is 3. The third-order valence-electron chi connectivity index (χ3n) is 5.92. The van der Waals surface area contributed by atoms with Gasteiger partial charge >= 0.3 is 6.03 Å². The molecule has 1 fully saturated rings. The standard InChI is InChI=1S/C26H27FN2O3/c1-32-21-15-16-22(24(30)17-21)25-23(10-6-5-7-18-11-13-19(27)14-12-18)28-26(31)29(25)20-8-3-2-4-9-20/h2-4,8-9,11-17,23,25,30H,5-7,10H2,1H3,(H,28,31)/t23-,25-/m1/s1. The smallest absolute Gasteiger partial charge is 0.322 e. The van der Waals surface area contributed by atoms with Crippen molar-refractivity contribution in [2.75, 3.05) is 12.0 Å². The van der Waals surface area contributed by atoms with Crippen LogP contribution in [-0.2, 0) is 6.42 Å². The molecule has 0 aliphatic carbocycles. The van der Waals surface area contributed by atoms with E-state index in [1.165, 1.54) is 12.1 Å². The maximum atomic E-state index is 13.1. The third kappa shape index (κ3) is 4.69. The third-order valence-corrected chi connectivity index (χ3v) is 5.92. The minimum absolute atomic E-state index is 0.100. The summed E-state index contributed by atoms with van der Waals surface area (Å²) in [5.41, 5.74) is 2.55. The van der Waals surface area contributed by atoms with Crippen LogP contribution in [0.5, 0.6) is 11.5 Å². The maximum Gasteiger partial charge on any atom is 0.322 e. The summed E-state index contributed by atoms with van der Waals surface area (Å²) in [4.78, 5) is 14.7. The van der Waals surface area contributed by atoms with Crippen molar-refractivity contribution in [1.82, 2.24) is 5.32 Å². The number of anilines is 1. The minimum atomic E-state index is -0.346. The summed E-state index contributed by atoms with van der Waals surface area (Å²) in [6.07, 6.45) is 3.41. The van der Waals surface area contributed by atoms with Crippen LogP contribution in [0.15, 0.2) is 72.8 Å². The molecular formula is C26H27FN2O3. The number of hydrogen-bond acceptors (Lipinski definition) is 3. The summed E-state index contributed by atoms with van der Waals surface area (Å²) < 4.78 is 18.3. The van der Waals surface area contributed by atoms with Crippen molar-refractivity contribution in [2.24, 2.45) is 0 Å². The fourth-order valence-electron chi connectivity index (χ4n) is 4.31. The fraction of sp³-hybridized carbons (Fsp3) is 0.269. The lowest BCUT2D eigenvalue weighted by Crippen LogP contribution is -2.29. The van der Waals surface area contributed by atoms with E-state index < -0.39 is 0 Å². The van der Waals surface area contributed by atoms with Crippen LogP contribution in [0, 0.1) is 5.82 Å². The molecule has 0 bridgehead atoms.